The minimum atomic E-state index is -0.0425. The fourth-order valence-corrected chi connectivity index (χ4v) is 2.61. The molecule has 24 heavy (non-hydrogen) atoms. The maximum Gasteiger partial charge on any atom is 0.224 e. The molecule has 1 fully saturated rings. The van der Waals surface area contributed by atoms with Crippen molar-refractivity contribution in [2.45, 2.75) is 25.7 Å². The Morgan fingerprint density at radius 3 is 2.54 bits per heavy atom. The van der Waals surface area contributed by atoms with Crippen molar-refractivity contribution in [2.24, 2.45) is 5.92 Å². The summed E-state index contributed by atoms with van der Waals surface area (Å²) in [4.78, 5) is 24.0. The molecular weight excluding hydrogens is 302 g/mol. The van der Waals surface area contributed by atoms with Gasteiger partial charge in [0.1, 0.15) is 5.75 Å². The van der Waals surface area contributed by atoms with E-state index in [0.29, 0.717) is 12.8 Å². The van der Waals surface area contributed by atoms with Gasteiger partial charge in [-0.1, -0.05) is 12.1 Å². The molecule has 1 amide bonds. The summed E-state index contributed by atoms with van der Waals surface area (Å²) in [7, 11) is 1.63. The number of ether oxygens (including phenoxy) is 1. The fraction of sp³-hybridized carbons (Fsp3) is 0.300. The van der Waals surface area contributed by atoms with Crippen LogP contribution in [-0.4, -0.2) is 18.8 Å². The SMILES string of the molecule is COc1cccc(CCC(=O)Nc2ccc(C(=O)C3CC3)cc2)c1. The molecule has 2 aromatic rings. The first kappa shape index (κ1) is 16.2. The zero-order chi connectivity index (χ0) is 16.9. The number of nitrogens with one attached hydrogen (secondary N) is 1. The van der Waals surface area contributed by atoms with Gasteiger partial charge in [0.2, 0.25) is 5.91 Å². The van der Waals surface area contributed by atoms with Gasteiger partial charge in [0.05, 0.1) is 7.11 Å². The molecule has 124 valence electrons. The summed E-state index contributed by atoms with van der Waals surface area (Å²) in [6.07, 6.45) is 3.06. The summed E-state index contributed by atoms with van der Waals surface area (Å²) in [5, 5.41) is 2.87. The van der Waals surface area contributed by atoms with E-state index in [1.807, 2.05) is 24.3 Å². The average Bonchev–Trinajstić information content (AvgIpc) is 3.45. The average molecular weight is 323 g/mol. The highest BCUT2D eigenvalue weighted by Gasteiger charge is 2.30. The topological polar surface area (TPSA) is 55.4 Å². The molecule has 1 aliphatic rings. The first-order valence-corrected chi connectivity index (χ1v) is 8.23. The molecule has 0 heterocycles. The van der Waals surface area contributed by atoms with Gasteiger partial charge in [0.15, 0.2) is 5.78 Å². The zero-order valence-corrected chi connectivity index (χ0v) is 13.7. The maximum absolute atomic E-state index is 12.1. The molecular formula is C20H21NO3. The number of carbonyl (C=O) groups is 2. The third-order valence-corrected chi connectivity index (χ3v) is 4.18. The van der Waals surface area contributed by atoms with Gasteiger partial charge in [-0.2, -0.15) is 0 Å². The molecule has 0 radical (unpaired) electrons. The van der Waals surface area contributed by atoms with Crippen LogP contribution in [-0.2, 0) is 11.2 Å². The molecule has 4 heteroatoms. The predicted octanol–water partition coefficient (Wildman–Crippen LogP) is 3.86. The molecule has 3 rings (SSSR count). The Balaban J connectivity index is 1.51. The molecule has 1 aliphatic carbocycles. The number of anilines is 1. The van der Waals surface area contributed by atoms with Crippen LogP contribution in [0.5, 0.6) is 5.75 Å². The highest BCUT2D eigenvalue weighted by Crippen LogP contribution is 2.32. The van der Waals surface area contributed by atoms with Gasteiger partial charge in [-0.3, -0.25) is 9.59 Å². The van der Waals surface area contributed by atoms with Crippen LogP contribution in [0.1, 0.15) is 35.2 Å². The normalized spacial score (nSPS) is 13.4. The van der Waals surface area contributed by atoms with Gasteiger partial charge in [-0.05, 0) is 61.2 Å². The monoisotopic (exact) mass is 323 g/mol. The molecule has 0 spiro atoms. The third-order valence-electron chi connectivity index (χ3n) is 4.18. The smallest absolute Gasteiger partial charge is 0.224 e. The van der Waals surface area contributed by atoms with Crippen LogP contribution in [0.4, 0.5) is 5.69 Å². The van der Waals surface area contributed by atoms with Gasteiger partial charge >= 0.3 is 0 Å². The number of hydrogen-bond donors (Lipinski definition) is 1. The zero-order valence-electron chi connectivity index (χ0n) is 13.7. The van der Waals surface area contributed by atoms with Crippen molar-refractivity contribution in [1.29, 1.82) is 0 Å². The highest BCUT2D eigenvalue weighted by atomic mass is 16.5. The highest BCUT2D eigenvalue weighted by molar-refractivity contribution is 6.00. The summed E-state index contributed by atoms with van der Waals surface area (Å²) in [6, 6.07) is 14.9. The minimum absolute atomic E-state index is 0.0425. The van der Waals surface area contributed by atoms with E-state index in [1.54, 1.807) is 31.4 Å². The van der Waals surface area contributed by atoms with Gasteiger partial charge in [-0.25, -0.2) is 0 Å². The van der Waals surface area contributed by atoms with Crippen molar-refractivity contribution < 1.29 is 14.3 Å². The Hall–Kier alpha value is -2.62. The number of amides is 1. The van der Waals surface area contributed by atoms with Gasteiger partial charge in [0.25, 0.3) is 0 Å². The van der Waals surface area contributed by atoms with Crippen molar-refractivity contribution in [2.75, 3.05) is 12.4 Å². The van der Waals surface area contributed by atoms with E-state index < -0.39 is 0 Å². The van der Waals surface area contributed by atoms with Gasteiger partial charge in [0, 0.05) is 23.6 Å². The van der Waals surface area contributed by atoms with Crippen molar-refractivity contribution in [1.82, 2.24) is 0 Å². The second kappa shape index (κ2) is 7.30. The molecule has 1 N–H and O–H groups in total. The molecule has 0 aliphatic heterocycles. The minimum Gasteiger partial charge on any atom is -0.497 e. The van der Waals surface area contributed by atoms with Gasteiger partial charge in [-0.15, -0.1) is 0 Å². The first-order valence-electron chi connectivity index (χ1n) is 8.23. The number of methoxy groups -OCH3 is 1. The summed E-state index contributed by atoms with van der Waals surface area (Å²) in [5.74, 6) is 1.18. The predicted molar refractivity (Wildman–Crippen MR) is 93.4 cm³/mol. The van der Waals surface area contributed by atoms with Crippen LogP contribution >= 0.6 is 0 Å². The van der Waals surface area contributed by atoms with E-state index in [4.69, 9.17) is 4.74 Å². The number of hydrogen-bond acceptors (Lipinski definition) is 3. The standard InChI is InChI=1S/C20H21NO3/c1-24-18-4-2-3-14(13-18)5-12-19(22)21-17-10-8-16(9-11-17)20(23)15-6-7-15/h2-4,8-11,13,15H,5-7,12H2,1H3,(H,21,22). The van der Waals surface area contributed by atoms with E-state index in [0.717, 1.165) is 35.4 Å². The molecule has 2 aromatic carbocycles. The lowest BCUT2D eigenvalue weighted by molar-refractivity contribution is -0.116. The van der Waals surface area contributed by atoms with E-state index in [1.165, 1.54) is 0 Å². The van der Waals surface area contributed by atoms with Crippen LogP contribution in [0.15, 0.2) is 48.5 Å². The van der Waals surface area contributed by atoms with Crippen molar-refractivity contribution in [3.63, 3.8) is 0 Å². The second-order valence-corrected chi connectivity index (χ2v) is 6.12. The Morgan fingerprint density at radius 2 is 1.88 bits per heavy atom. The van der Waals surface area contributed by atoms with E-state index in [2.05, 4.69) is 5.32 Å². The summed E-state index contributed by atoms with van der Waals surface area (Å²) >= 11 is 0. The molecule has 0 bridgehead atoms. The molecule has 4 nitrogen and oxygen atoms in total. The fourth-order valence-electron chi connectivity index (χ4n) is 2.61. The van der Waals surface area contributed by atoms with Crippen LogP contribution in [0.2, 0.25) is 0 Å². The first-order chi connectivity index (χ1) is 11.7. The summed E-state index contributed by atoms with van der Waals surface area (Å²) in [5.41, 5.74) is 2.51. The Labute approximate surface area is 141 Å². The Bertz CT molecular complexity index is 733. The number of carbonyl (C=O) groups excluding carboxylic acids is 2. The Kier molecular flexibility index (Phi) is 4.94. The summed E-state index contributed by atoms with van der Waals surface area (Å²) in [6.45, 7) is 0. The Morgan fingerprint density at radius 1 is 1.12 bits per heavy atom. The van der Waals surface area contributed by atoms with Crippen LogP contribution in [0, 0.1) is 5.92 Å². The van der Waals surface area contributed by atoms with E-state index in [9.17, 15) is 9.59 Å². The lowest BCUT2D eigenvalue weighted by Crippen LogP contribution is -2.12. The van der Waals surface area contributed by atoms with Crippen LogP contribution in [0.3, 0.4) is 0 Å². The third kappa shape index (κ3) is 4.22. The van der Waals surface area contributed by atoms with Crippen LogP contribution in [0.25, 0.3) is 0 Å². The lowest BCUT2D eigenvalue weighted by Gasteiger charge is -2.07. The summed E-state index contributed by atoms with van der Waals surface area (Å²) < 4.78 is 5.18. The molecule has 0 atom stereocenters. The largest absolute Gasteiger partial charge is 0.497 e. The number of Topliss-reactive ketones (excluding diaryl/α,β-unsaturated/α-hetero) is 1. The number of ketones is 1. The van der Waals surface area contributed by atoms with Crippen molar-refractivity contribution >= 4 is 17.4 Å². The van der Waals surface area contributed by atoms with E-state index >= 15 is 0 Å². The van der Waals surface area contributed by atoms with Crippen molar-refractivity contribution in [3.05, 3.63) is 59.7 Å². The second-order valence-electron chi connectivity index (χ2n) is 6.12. The molecule has 0 saturated heterocycles. The number of rotatable bonds is 7. The maximum atomic E-state index is 12.1. The number of aryl methyl sites for hydroxylation is 1. The number of benzene rings is 2. The molecule has 0 aromatic heterocycles. The lowest BCUT2D eigenvalue weighted by atomic mass is 10.1. The quantitative estimate of drug-likeness (QED) is 0.787. The molecule has 0 unspecified atom stereocenters. The van der Waals surface area contributed by atoms with E-state index in [-0.39, 0.29) is 17.6 Å². The van der Waals surface area contributed by atoms with Crippen LogP contribution < -0.4 is 10.1 Å². The van der Waals surface area contributed by atoms with Crippen molar-refractivity contribution in [3.8, 4) is 5.75 Å². The van der Waals surface area contributed by atoms with Gasteiger partial charge < -0.3 is 10.1 Å². The molecule has 1 saturated carbocycles.